The molecule has 0 radical (unpaired) electrons. The second-order valence-electron chi connectivity index (χ2n) is 16.4. The van der Waals surface area contributed by atoms with Crippen LogP contribution in [0.4, 0.5) is 17.1 Å². The van der Waals surface area contributed by atoms with Crippen molar-refractivity contribution in [3.05, 3.63) is 255 Å². The molecule has 2 nitrogen and oxygen atoms in total. The summed E-state index contributed by atoms with van der Waals surface area (Å²) in [4.78, 5) is 2.35. The van der Waals surface area contributed by atoms with Crippen LogP contribution in [0.2, 0.25) is 0 Å². The molecule has 0 bridgehead atoms. The van der Waals surface area contributed by atoms with E-state index in [0.717, 1.165) is 22.7 Å². The fraction of sp³-hybridized carbons (Fsp3) is 0. The van der Waals surface area contributed by atoms with E-state index < -0.39 is 0 Å². The first-order valence-electron chi connectivity index (χ1n) is 22.0. The van der Waals surface area contributed by atoms with E-state index in [0.29, 0.717) is 0 Å². The molecule has 2 heteroatoms. The Morgan fingerprint density at radius 2 is 0.734 bits per heavy atom. The number of para-hydroxylation sites is 4. The molecule has 0 aliphatic rings. The van der Waals surface area contributed by atoms with Crippen molar-refractivity contribution in [2.45, 2.75) is 0 Å². The number of nitrogens with zero attached hydrogens (tertiary/aromatic N) is 2. The molecule has 1 heterocycles. The number of fused-ring (bicyclic) bond motifs is 6. The number of anilines is 3. The van der Waals surface area contributed by atoms with E-state index in [9.17, 15) is 0 Å². The zero-order valence-electron chi connectivity index (χ0n) is 35.1. The minimum absolute atomic E-state index is 1.09. The molecule has 0 N–H and O–H groups in total. The van der Waals surface area contributed by atoms with Crippen LogP contribution in [0.3, 0.4) is 0 Å². The molecule has 12 aromatic rings. The van der Waals surface area contributed by atoms with Crippen LogP contribution in [0.1, 0.15) is 0 Å². The van der Waals surface area contributed by atoms with Gasteiger partial charge in [-0.3, -0.25) is 0 Å². The molecule has 64 heavy (non-hydrogen) atoms. The van der Waals surface area contributed by atoms with Crippen molar-refractivity contribution in [2.24, 2.45) is 0 Å². The van der Waals surface area contributed by atoms with Gasteiger partial charge in [-0.15, -0.1) is 0 Å². The maximum atomic E-state index is 2.41. The van der Waals surface area contributed by atoms with Crippen molar-refractivity contribution in [1.82, 2.24) is 4.57 Å². The van der Waals surface area contributed by atoms with Gasteiger partial charge >= 0.3 is 0 Å². The van der Waals surface area contributed by atoms with Gasteiger partial charge in [0.1, 0.15) is 0 Å². The summed E-state index contributed by atoms with van der Waals surface area (Å²) in [6, 6.07) is 92.5. The van der Waals surface area contributed by atoms with Gasteiger partial charge in [-0.25, -0.2) is 0 Å². The van der Waals surface area contributed by atoms with Crippen LogP contribution in [0.25, 0.3) is 93.5 Å². The zero-order valence-corrected chi connectivity index (χ0v) is 35.1. The van der Waals surface area contributed by atoms with Gasteiger partial charge in [0, 0.05) is 39.1 Å². The average Bonchev–Trinajstić information content (AvgIpc) is 3.72. The Morgan fingerprint density at radius 3 is 1.39 bits per heavy atom. The van der Waals surface area contributed by atoms with Gasteiger partial charge in [0.2, 0.25) is 0 Å². The predicted molar refractivity (Wildman–Crippen MR) is 272 cm³/mol. The van der Waals surface area contributed by atoms with Crippen LogP contribution in [-0.4, -0.2) is 4.57 Å². The summed E-state index contributed by atoms with van der Waals surface area (Å²) in [5.41, 5.74) is 16.6. The van der Waals surface area contributed by atoms with Gasteiger partial charge in [-0.2, -0.15) is 0 Å². The minimum Gasteiger partial charge on any atom is -0.311 e. The average molecular weight is 815 g/mol. The van der Waals surface area contributed by atoms with Crippen molar-refractivity contribution in [2.75, 3.05) is 4.90 Å². The van der Waals surface area contributed by atoms with Gasteiger partial charge in [0.15, 0.2) is 0 Å². The number of hydrogen-bond donors (Lipinski definition) is 0. The SMILES string of the molecule is c1ccc(-c2c(-c3ccccc3)c3cc(-c4ccc(N(c5ccccc5)c5ccc(-c6cccc7c8ccccc8n(-c8ccccc8)c67)cc5)cc4)ccc3c3ccccc23)cc1. The van der Waals surface area contributed by atoms with Gasteiger partial charge in [0.05, 0.1) is 11.0 Å². The van der Waals surface area contributed by atoms with Crippen molar-refractivity contribution < 1.29 is 0 Å². The normalized spacial score (nSPS) is 11.4. The first-order valence-corrected chi connectivity index (χ1v) is 22.0. The highest BCUT2D eigenvalue weighted by atomic mass is 15.1. The molecule has 300 valence electrons. The Hall–Kier alpha value is -8.46. The van der Waals surface area contributed by atoms with E-state index in [-0.39, 0.29) is 0 Å². The maximum Gasteiger partial charge on any atom is 0.0619 e. The highest BCUT2D eigenvalue weighted by Gasteiger charge is 2.20. The summed E-state index contributed by atoms with van der Waals surface area (Å²) in [7, 11) is 0. The van der Waals surface area contributed by atoms with Gasteiger partial charge in [-0.05, 0) is 121 Å². The van der Waals surface area contributed by atoms with Crippen LogP contribution in [-0.2, 0) is 0 Å². The molecule has 11 aromatic carbocycles. The van der Waals surface area contributed by atoms with Gasteiger partial charge in [0.25, 0.3) is 0 Å². The number of rotatable bonds is 8. The summed E-state index contributed by atoms with van der Waals surface area (Å²) < 4.78 is 2.41. The lowest BCUT2D eigenvalue weighted by Crippen LogP contribution is -2.09. The van der Waals surface area contributed by atoms with Crippen molar-refractivity contribution in [3.8, 4) is 50.2 Å². The Kier molecular flexibility index (Phi) is 9.20. The van der Waals surface area contributed by atoms with E-state index in [1.807, 2.05) is 0 Å². The van der Waals surface area contributed by atoms with Crippen LogP contribution in [0.5, 0.6) is 0 Å². The smallest absolute Gasteiger partial charge is 0.0619 e. The maximum absolute atomic E-state index is 2.41. The molecule has 0 saturated heterocycles. The summed E-state index contributed by atoms with van der Waals surface area (Å²) in [6.45, 7) is 0. The summed E-state index contributed by atoms with van der Waals surface area (Å²) in [5, 5.41) is 7.53. The molecule has 0 saturated carbocycles. The largest absolute Gasteiger partial charge is 0.311 e. The Bertz CT molecular complexity index is 3610. The van der Waals surface area contributed by atoms with Gasteiger partial charge in [-0.1, -0.05) is 194 Å². The molecule has 0 unspecified atom stereocenters. The van der Waals surface area contributed by atoms with E-state index in [1.165, 1.54) is 87.9 Å². The monoisotopic (exact) mass is 814 g/mol. The van der Waals surface area contributed by atoms with Crippen molar-refractivity contribution >= 4 is 60.4 Å². The fourth-order valence-electron chi connectivity index (χ4n) is 9.89. The molecule has 0 aliphatic heterocycles. The third-order valence-electron chi connectivity index (χ3n) is 12.8. The van der Waals surface area contributed by atoms with Crippen molar-refractivity contribution in [3.63, 3.8) is 0 Å². The summed E-state index contributed by atoms with van der Waals surface area (Å²) in [6.07, 6.45) is 0. The lowest BCUT2D eigenvalue weighted by atomic mass is 9.84. The minimum atomic E-state index is 1.09. The second-order valence-corrected chi connectivity index (χ2v) is 16.4. The molecule has 0 amide bonds. The molecular weight excluding hydrogens is 773 g/mol. The van der Waals surface area contributed by atoms with E-state index in [1.54, 1.807) is 0 Å². The summed E-state index contributed by atoms with van der Waals surface area (Å²) >= 11 is 0. The van der Waals surface area contributed by atoms with Crippen molar-refractivity contribution in [1.29, 1.82) is 0 Å². The zero-order chi connectivity index (χ0) is 42.4. The molecule has 12 rings (SSSR count). The molecule has 0 aliphatic carbocycles. The van der Waals surface area contributed by atoms with Crippen LogP contribution in [0, 0.1) is 0 Å². The van der Waals surface area contributed by atoms with Crippen LogP contribution in [0.15, 0.2) is 255 Å². The predicted octanol–water partition coefficient (Wildman–Crippen LogP) is 17.2. The van der Waals surface area contributed by atoms with Gasteiger partial charge < -0.3 is 9.47 Å². The number of aromatic nitrogens is 1. The van der Waals surface area contributed by atoms with Crippen LogP contribution < -0.4 is 4.90 Å². The molecule has 0 spiro atoms. The lowest BCUT2D eigenvalue weighted by molar-refractivity contribution is 1.18. The first-order chi connectivity index (χ1) is 31.8. The summed E-state index contributed by atoms with van der Waals surface area (Å²) in [5.74, 6) is 0. The standard InChI is InChI=1S/C62H42N2/c1-5-18-45(19-6-1)60-56-28-14-13-26-53(56)54-41-36-47(42-58(54)61(60)46-20-7-2-8-21-46)43-32-37-50(38-33-43)63(48-22-9-3-10-23-48)51-39-34-44(35-40-51)52-29-17-30-57-55-27-15-16-31-59(55)64(62(52)57)49-24-11-4-12-25-49/h1-42H. The second kappa shape index (κ2) is 15.8. The molecular formula is C62H42N2. The van der Waals surface area contributed by atoms with E-state index >= 15 is 0 Å². The highest BCUT2D eigenvalue weighted by Crippen LogP contribution is 2.46. The quantitative estimate of drug-likeness (QED) is 0.139. The fourth-order valence-corrected chi connectivity index (χ4v) is 9.89. The lowest BCUT2D eigenvalue weighted by Gasteiger charge is -2.26. The highest BCUT2D eigenvalue weighted by molar-refractivity contribution is 6.22. The van der Waals surface area contributed by atoms with Crippen LogP contribution >= 0.6 is 0 Å². The third-order valence-corrected chi connectivity index (χ3v) is 12.8. The Labute approximate surface area is 373 Å². The third kappa shape index (κ3) is 6.35. The Morgan fingerprint density at radius 1 is 0.266 bits per heavy atom. The topological polar surface area (TPSA) is 8.17 Å². The molecule has 1 aromatic heterocycles. The molecule has 0 fully saturated rings. The van der Waals surface area contributed by atoms with E-state index in [4.69, 9.17) is 0 Å². The first kappa shape index (κ1) is 37.3. The van der Waals surface area contributed by atoms with E-state index in [2.05, 4.69) is 264 Å². The molecule has 0 atom stereocenters. The number of hydrogen-bond acceptors (Lipinski definition) is 1. The number of benzene rings is 11. The Balaban J connectivity index is 0.958.